The predicted octanol–water partition coefficient (Wildman–Crippen LogP) is 5.41. The van der Waals surface area contributed by atoms with Gasteiger partial charge >= 0.3 is 12.2 Å². The highest BCUT2D eigenvalue weighted by molar-refractivity contribution is 5.87. The summed E-state index contributed by atoms with van der Waals surface area (Å²) in [5, 5.41) is 5.27. The number of hydrogen-bond donors (Lipinski definition) is 4. The van der Waals surface area contributed by atoms with Crippen molar-refractivity contribution >= 4 is 24.0 Å². The maximum Gasteiger partial charge on any atom is 0.407 e. The molecule has 6 unspecified atom stereocenters. The number of halogens is 2. The number of amides is 4. The molecule has 0 saturated carbocycles. The van der Waals surface area contributed by atoms with Crippen LogP contribution < -0.4 is 10.6 Å². The van der Waals surface area contributed by atoms with Crippen molar-refractivity contribution in [1.82, 2.24) is 40.4 Å². The topological polar surface area (TPSA) is 175 Å². The number of carbonyl (C=O) groups is 4. The van der Waals surface area contributed by atoms with Crippen molar-refractivity contribution in [2.24, 2.45) is 23.7 Å². The Morgan fingerprint density at radius 3 is 1.40 bits per heavy atom. The molecule has 2 fully saturated rings. The smallest absolute Gasteiger partial charge is 0.407 e. The van der Waals surface area contributed by atoms with Gasteiger partial charge in [0.05, 0.1) is 37.4 Å². The van der Waals surface area contributed by atoms with E-state index >= 15 is 8.78 Å². The van der Waals surface area contributed by atoms with Gasteiger partial charge in [0.2, 0.25) is 11.8 Å². The molecule has 310 valence electrons. The number of imidazole rings is 2. The summed E-state index contributed by atoms with van der Waals surface area (Å²) >= 11 is 0. The number of carbonyl (C=O) groups excluding carboxylic acids is 4. The van der Waals surface area contributed by atoms with Gasteiger partial charge in [0.15, 0.2) is 0 Å². The van der Waals surface area contributed by atoms with E-state index in [1.807, 2.05) is 41.5 Å². The summed E-state index contributed by atoms with van der Waals surface area (Å²) in [6.07, 6.45) is -0.137. The summed E-state index contributed by atoms with van der Waals surface area (Å²) < 4.78 is 40.2. The predicted molar refractivity (Wildman–Crippen MR) is 210 cm³/mol. The van der Waals surface area contributed by atoms with Gasteiger partial charge in [-0.3, -0.25) is 9.59 Å². The maximum atomic E-state index is 15.4. The van der Waals surface area contributed by atoms with Gasteiger partial charge in [-0.2, -0.15) is 0 Å². The second-order valence-corrected chi connectivity index (χ2v) is 15.9. The van der Waals surface area contributed by atoms with E-state index in [-0.39, 0.29) is 46.6 Å². The molecule has 0 spiro atoms. The quantitative estimate of drug-likeness (QED) is 0.219. The van der Waals surface area contributed by atoms with E-state index in [2.05, 4.69) is 54.3 Å². The Bertz CT molecular complexity index is 2020. The van der Waals surface area contributed by atoms with Crippen LogP contribution in [0.4, 0.5) is 18.4 Å². The van der Waals surface area contributed by atoms with Crippen LogP contribution in [0, 0.1) is 72.8 Å². The van der Waals surface area contributed by atoms with Gasteiger partial charge in [0.1, 0.15) is 46.8 Å². The highest BCUT2D eigenvalue weighted by Crippen LogP contribution is 2.36. The second-order valence-electron chi connectivity index (χ2n) is 15.9. The molecule has 14 nitrogen and oxygen atoms in total. The molecular weight excluding hydrogens is 751 g/mol. The monoisotopic (exact) mass is 802 g/mol. The lowest BCUT2D eigenvalue weighted by molar-refractivity contribution is -0.136. The van der Waals surface area contributed by atoms with Gasteiger partial charge in [0.25, 0.3) is 0 Å². The number of nitrogens with one attached hydrogen (secondary N) is 4. The minimum Gasteiger partial charge on any atom is -0.453 e. The van der Waals surface area contributed by atoms with Crippen LogP contribution in [0.2, 0.25) is 0 Å². The van der Waals surface area contributed by atoms with E-state index in [9.17, 15) is 19.2 Å². The molecular formula is C42H52F2N8O6. The number of methoxy groups -OCH3 is 2. The summed E-state index contributed by atoms with van der Waals surface area (Å²) in [7, 11) is 2.48. The number of alkyl carbamates (subject to hydrolysis) is 2. The molecule has 16 heteroatoms. The number of benzene rings is 1. The molecule has 4 amide bonds. The third-order valence-electron chi connectivity index (χ3n) is 10.5. The van der Waals surface area contributed by atoms with Gasteiger partial charge in [0, 0.05) is 24.5 Å². The number of rotatable bonds is 8. The van der Waals surface area contributed by atoms with Crippen LogP contribution >= 0.6 is 0 Å². The molecule has 2 aromatic heterocycles. The van der Waals surface area contributed by atoms with E-state index in [1.54, 1.807) is 23.6 Å². The van der Waals surface area contributed by atoms with Crippen LogP contribution in [0.15, 0.2) is 12.1 Å². The number of nitrogens with zero attached hydrogens (tertiary/aromatic N) is 4. The molecule has 0 aliphatic carbocycles. The number of aromatic nitrogens is 4. The maximum absolute atomic E-state index is 15.4. The van der Waals surface area contributed by atoms with Crippen LogP contribution in [0.1, 0.15) is 112 Å². The molecule has 4 N–H and O–H groups in total. The molecule has 4 heterocycles. The minimum absolute atomic E-state index is 0.163. The van der Waals surface area contributed by atoms with Gasteiger partial charge < -0.3 is 39.9 Å². The van der Waals surface area contributed by atoms with Crippen molar-refractivity contribution < 1.29 is 37.4 Å². The number of aryl methyl sites for hydroxylation is 2. The van der Waals surface area contributed by atoms with Crippen LogP contribution in [0.25, 0.3) is 0 Å². The average Bonchev–Trinajstić information content (AvgIpc) is 3.96. The number of H-pyrrole nitrogens is 2. The highest BCUT2D eigenvalue weighted by atomic mass is 19.1. The lowest BCUT2D eigenvalue weighted by Gasteiger charge is -2.30. The Hall–Kier alpha value is -5.90. The molecule has 0 radical (unpaired) electrons. The third-order valence-corrected chi connectivity index (χ3v) is 10.5. The van der Waals surface area contributed by atoms with Crippen molar-refractivity contribution in [2.45, 2.75) is 92.4 Å². The summed E-state index contributed by atoms with van der Waals surface area (Å²) in [4.78, 5) is 70.4. The third kappa shape index (κ3) is 9.61. The normalized spacial score (nSPS) is 19.9. The van der Waals surface area contributed by atoms with Gasteiger partial charge in [-0.1, -0.05) is 53.4 Å². The molecule has 2 aliphatic rings. The lowest BCUT2D eigenvalue weighted by atomic mass is 10.0. The Kier molecular flexibility index (Phi) is 13.5. The number of aromatic amines is 2. The molecule has 2 saturated heterocycles. The summed E-state index contributed by atoms with van der Waals surface area (Å²) in [5.74, 6) is 9.94. The number of likely N-dealkylation sites (tertiary alicyclic amines) is 2. The summed E-state index contributed by atoms with van der Waals surface area (Å²) in [6.45, 7) is 15.8. The van der Waals surface area contributed by atoms with E-state index in [0.717, 1.165) is 12.1 Å². The van der Waals surface area contributed by atoms with Crippen LogP contribution in [-0.4, -0.2) is 93.1 Å². The SMILES string of the molecule is COC(=O)NC(C(=O)N1CC(C)CC1c1nc(C#Cc2cc(F)c(C#Cc3nc(C4CC(C)CN4C(=O)C(NC(=O)OC)C(C)C)[nH]c3C)cc2F)c(C)[nH]1)C(C)C. The van der Waals surface area contributed by atoms with E-state index < -0.39 is 48.0 Å². The van der Waals surface area contributed by atoms with Crippen LogP contribution in [-0.2, 0) is 19.1 Å². The Morgan fingerprint density at radius 2 is 1.07 bits per heavy atom. The molecule has 58 heavy (non-hydrogen) atoms. The summed E-state index contributed by atoms with van der Waals surface area (Å²) in [6, 6.07) is -0.451. The average molecular weight is 803 g/mol. The van der Waals surface area contributed by atoms with Gasteiger partial charge in [-0.15, -0.1) is 0 Å². The first-order chi connectivity index (χ1) is 27.4. The Labute approximate surface area is 337 Å². The molecule has 5 rings (SSSR count). The fourth-order valence-corrected chi connectivity index (χ4v) is 7.37. The first-order valence-corrected chi connectivity index (χ1v) is 19.4. The van der Waals surface area contributed by atoms with Gasteiger partial charge in [-0.05, 0) is 74.3 Å². The first kappa shape index (κ1) is 43.2. The van der Waals surface area contributed by atoms with Crippen molar-refractivity contribution in [3.63, 3.8) is 0 Å². The molecule has 1 aromatic carbocycles. The van der Waals surface area contributed by atoms with Crippen molar-refractivity contribution in [2.75, 3.05) is 27.3 Å². The highest BCUT2D eigenvalue weighted by Gasteiger charge is 2.42. The Morgan fingerprint density at radius 1 is 0.707 bits per heavy atom. The van der Waals surface area contributed by atoms with E-state index in [1.165, 1.54) is 14.2 Å². The van der Waals surface area contributed by atoms with E-state index in [0.29, 0.717) is 60.4 Å². The number of ether oxygens (including phenoxy) is 2. The molecule has 0 bridgehead atoms. The summed E-state index contributed by atoms with van der Waals surface area (Å²) in [5.41, 5.74) is 1.45. The Balaban J connectivity index is 1.33. The van der Waals surface area contributed by atoms with Gasteiger partial charge in [-0.25, -0.2) is 28.3 Å². The molecule has 3 aromatic rings. The second kappa shape index (κ2) is 18.1. The largest absolute Gasteiger partial charge is 0.453 e. The van der Waals surface area contributed by atoms with Crippen molar-refractivity contribution in [3.8, 4) is 23.7 Å². The molecule has 6 atom stereocenters. The fraction of sp³-hybridized carbons (Fsp3) is 0.524. The molecule has 2 aliphatic heterocycles. The van der Waals surface area contributed by atoms with Crippen LogP contribution in [0.5, 0.6) is 0 Å². The number of hydrogen-bond acceptors (Lipinski definition) is 8. The zero-order valence-corrected chi connectivity index (χ0v) is 34.6. The van der Waals surface area contributed by atoms with Crippen LogP contribution in [0.3, 0.4) is 0 Å². The minimum atomic E-state index is -0.798. The van der Waals surface area contributed by atoms with Crippen molar-refractivity contribution in [1.29, 1.82) is 0 Å². The van der Waals surface area contributed by atoms with E-state index in [4.69, 9.17) is 9.47 Å². The fourth-order valence-electron chi connectivity index (χ4n) is 7.37. The van der Waals surface area contributed by atoms with Crippen molar-refractivity contribution in [3.05, 3.63) is 69.3 Å². The zero-order valence-electron chi connectivity index (χ0n) is 34.6. The zero-order chi connectivity index (χ0) is 42.6. The standard InChI is InChI=1S/C42H52F2N8O6/c1-21(2)35(49-41(55)57-9)39(53)51-19-23(5)15-33(51)37-45-25(7)31(47-37)13-11-27-17-30(44)28(18-29(27)43)12-14-32-26(8)46-38(48-32)34-16-24(6)20-52(34)40(54)36(22(3)4)50-42(56)58-10/h17-18,21-24,33-36H,15-16,19-20H2,1-10H3,(H,45,47)(H,46,48)(H,49,55)(H,50,56). The first-order valence-electron chi connectivity index (χ1n) is 19.4. The lowest BCUT2D eigenvalue weighted by Crippen LogP contribution is -2.51.